The van der Waals surface area contributed by atoms with Crippen LogP contribution in [0, 0.1) is 10.1 Å². The first kappa shape index (κ1) is 25.4. The van der Waals surface area contributed by atoms with Gasteiger partial charge < -0.3 is 9.97 Å². The summed E-state index contributed by atoms with van der Waals surface area (Å²) in [6.45, 7) is 0. The number of nitrogens with zero attached hydrogens (tertiary/aromatic N) is 3. The zero-order chi connectivity index (χ0) is 28.2. The van der Waals surface area contributed by atoms with Gasteiger partial charge in [0.2, 0.25) is 0 Å². The van der Waals surface area contributed by atoms with E-state index in [1.54, 1.807) is 24.3 Å². The Hall–Kier alpha value is -5.89. The third-order valence-corrected chi connectivity index (χ3v) is 6.42. The number of hydrogen-bond donors (Lipinski definition) is 2. The predicted molar refractivity (Wildman–Crippen MR) is 162 cm³/mol. The van der Waals surface area contributed by atoms with Gasteiger partial charge in [-0.3, -0.25) is 14.9 Å². The van der Waals surface area contributed by atoms with Crippen molar-refractivity contribution in [1.29, 1.82) is 0 Å². The number of carbonyl (C=O) groups excluding carboxylic acids is 1. The summed E-state index contributed by atoms with van der Waals surface area (Å²) in [6.07, 6.45) is 8.09. The Morgan fingerprint density at radius 1 is 0.561 bits per heavy atom. The van der Waals surface area contributed by atoms with E-state index >= 15 is 0 Å². The van der Waals surface area contributed by atoms with Crippen molar-refractivity contribution in [3.63, 3.8) is 0 Å². The molecule has 0 amide bonds. The summed E-state index contributed by atoms with van der Waals surface area (Å²) in [5.74, 6) is -0.138. The number of nitrogens with one attached hydrogen (secondary N) is 2. The van der Waals surface area contributed by atoms with Crippen molar-refractivity contribution in [2.45, 2.75) is 0 Å². The van der Waals surface area contributed by atoms with Gasteiger partial charge in [-0.2, -0.15) is 0 Å². The number of nitro groups is 1. The van der Waals surface area contributed by atoms with Crippen LogP contribution in [0.1, 0.15) is 38.7 Å². The minimum Gasteiger partial charge on any atom is -0.355 e. The van der Waals surface area contributed by atoms with E-state index in [0.29, 0.717) is 11.1 Å². The van der Waals surface area contributed by atoms with Crippen LogP contribution in [0.5, 0.6) is 0 Å². The molecular formula is C33H23N5O3. The van der Waals surface area contributed by atoms with Crippen molar-refractivity contribution in [2.24, 2.45) is 0 Å². The minimum atomic E-state index is -0.489. The number of non-ortho nitro benzene ring substituents is 1. The van der Waals surface area contributed by atoms with Crippen LogP contribution in [0.15, 0.2) is 103 Å². The van der Waals surface area contributed by atoms with Gasteiger partial charge in [0, 0.05) is 45.3 Å². The molecule has 0 saturated heterocycles. The van der Waals surface area contributed by atoms with E-state index in [-0.39, 0.29) is 11.5 Å². The molecule has 3 aromatic heterocycles. The van der Waals surface area contributed by atoms with E-state index in [1.165, 1.54) is 24.3 Å². The molecule has 2 aliphatic heterocycles. The highest BCUT2D eigenvalue weighted by Crippen LogP contribution is 2.17. The average Bonchev–Trinajstić information content (AvgIpc) is 3.80. The largest absolute Gasteiger partial charge is 0.355 e. The monoisotopic (exact) mass is 537 g/mol. The fraction of sp³-hybridized carbons (Fsp3) is 0. The molecule has 2 aromatic carbocycles. The number of fused-ring (bicyclic) bond motifs is 8. The molecule has 5 heterocycles. The first-order valence-electron chi connectivity index (χ1n) is 12.9. The highest BCUT2D eigenvalue weighted by Gasteiger charge is 2.10. The van der Waals surface area contributed by atoms with Crippen molar-refractivity contribution in [3.8, 4) is 0 Å². The Morgan fingerprint density at radius 2 is 0.951 bits per heavy atom. The molecule has 5 aromatic rings. The van der Waals surface area contributed by atoms with Gasteiger partial charge in [0.15, 0.2) is 5.78 Å². The topological polar surface area (TPSA) is 118 Å². The van der Waals surface area contributed by atoms with E-state index in [1.807, 2.05) is 54.6 Å². The Morgan fingerprint density at radius 3 is 1.34 bits per heavy atom. The van der Waals surface area contributed by atoms with Gasteiger partial charge in [-0.15, -0.1) is 0 Å². The fourth-order valence-corrected chi connectivity index (χ4v) is 4.43. The lowest BCUT2D eigenvalue weighted by molar-refractivity contribution is -0.384. The van der Waals surface area contributed by atoms with Crippen molar-refractivity contribution in [3.05, 3.63) is 147 Å². The number of ketones is 1. The summed E-state index contributed by atoms with van der Waals surface area (Å²) < 4.78 is 0. The smallest absolute Gasteiger partial charge is 0.269 e. The lowest BCUT2D eigenvalue weighted by atomic mass is 10.0. The van der Waals surface area contributed by atoms with E-state index in [0.717, 1.165) is 44.8 Å². The molecule has 0 unspecified atom stereocenters. The molecule has 8 heteroatoms. The molecule has 0 spiro atoms. The Balaban J connectivity index is 0.000000158. The van der Waals surface area contributed by atoms with E-state index < -0.39 is 4.92 Å². The Labute approximate surface area is 234 Å². The van der Waals surface area contributed by atoms with Crippen molar-refractivity contribution >= 4 is 57.8 Å². The summed E-state index contributed by atoms with van der Waals surface area (Å²) in [4.78, 5) is 38.0. The third kappa shape index (κ3) is 6.07. The maximum absolute atomic E-state index is 12.0. The van der Waals surface area contributed by atoms with Crippen molar-refractivity contribution < 1.29 is 9.72 Å². The van der Waals surface area contributed by atoms with Crippen LogP contribution >= 0.6 is 0 Å². The van der Waals surface area contributed by atoms with Crippen LogP contribution in [-0.2, 0) is 0 Å². The number of hydrogen-bond acceptors (Lipinski definition) is 5. The Kier molecular flexibility index (Phi) is 6.86. The summed E-state index contributed by atoms with van der Waals surface area (Å²) >= 11 is 0. The van der Waals surface area contributed by atoms with Gasteiger partial charge in [0.05, 0.1) is 27.7 Å². The van der Waals surface area contributed by atoms with Crippen LogP contribution in [0.25, 0.3) is 46.4 Å². The van der Waals surface area contributed by atoms with Crippen LogP contribution in [0.4, 0.5) is 5.69 Å². The zero-order valence-corrected chi connectivity index (χ0v) is 21.7. The summed E-state index contributed by atoms with van der Waals surface area (Å²) in [5.41, 5.74) is 8.86. The van der Waals surface area contributed by atoms with Crippen LogP contribution in [0.3, 0.4) is 0 Å². The molecule has 8 bridgehead atoms. The number of H-pyrrole nitrogens is 2. The molecule has 2 aliphatic rings. The van der Waals surface area contributed by atoms with E-state index in [2.05, 4.69) is 44.2 Å². The summed E-state index contributed by atoms with van der Waals surface area (Å²) in [5, 5.41) is 10.5. The molecule has 2 N–H and O–H groups in total. The maximum atomic E-state index is 12.0. The number of benzene rings is 2. The molecule has 41 heavy (non-hydrogen) atoms. The second kappa shape index (κ2) is 11.1. The molecule has 0 saturated carbocycles. The second-order valence-electron chi connectivity index (χ2n) is 9.40. The summed E-state index contributed by atoms with van der Waals surface area (Å²) in [6, 6.07) is 30.8. The van der Waals surface area contributed by atoms with E-state index in [9.17, 15) is 14.9 Å². The van der Waals surface area contributed by atoms with Crippen LogP contribution in [0.2, 0.25) is 0 Å². The van der Waals surface area contributed by atoms with Crippen molar-refractivity contribution in [2.75, 3.05) is 0 Å². The second-order valence-corrected chi connectivity index (χ2v) is 9.40. The zero-order valence-electron chi connectivity index (χ0n) is 21.7. The Bertz CT molecular complexity index is 1810. The molecule has 0 fully saturated rings. The van der Waals surface area contributed by atoms with Gasteiger partial charge in [-0.25, -0.2) is 9.97 Å². The lowest BCUT2D eigenvalue weighted by Crippen LogP contribution is -2.00. The molecule has 0 aliphatic carbocycles. The highest BCUT2D eigenvalue weighted by atomic mass is 16.6. The number of nitro benzene ring substituents is 1. The number of aromatic nitrogens is 4. The number of rotatable bonds is 3. The SMILES string of the molecule is C1=Cc2cc3ccc(cc4nc(cc5ccc(cc1n2)[nH]5)C=C4)[nH]3.O=C(c1ccccc1)c1ccc([N+](=O)[O-])cc1. The molecule has 8 nitrogen and oxygen atoms in total. The minimum absolute atomic E-state index is 0.0189. The van der Waals surface area contributed by atoms with Gasteiger partial charge in [-0.1, -0.05) is 30.3 Å². The quantitative estimate of drug-likeness (QED) is 0.138. The van der Waals surface area contributed by atoms with Gasteiger partial charge in [0.1, 0.15) is 0 Å². The normalized spacial score (nSPS) is 11.5. The lowest BCUT2D eigenvalue weighted by Gasteiger charge is -2.00. The highest BCUT2D eigenvalue weighted by molar-refractivity contribution is 6.09. The van der Waals surface area contributed by atoms with Gasteiger partial charge >= 0.3 is 0 Å². The molecule has 7 rings (SSSR count). The molecule has 0 atom stereocenters. The predicted octanol–water partition coefficient (Wildman–Crippen LogP) is 7.48. The van der Waals surface area contributed by atoms with Crippen LogP contribution in [-0.4, -0.2) is 30.6 Å². The fourth-order valence-electron chi connectivity index (χ4n) is 4.43. The third-order valence-electron chi connectivity index (χ3n) is 6.42. The first-order chi connectivity index (χ1) is 20.0. The summed E-state index contributed by atoms with van der Waals surface area (Å²) in [7, 11) is 0. The van der Waals surface area contributed by atoms with Gasteiger partial charge in [0.25, 0.3) is 5.69 Å². The average molecular weight is 538 g/mol. The molecule has 198 valence electrons. The molecule has 0 radical (unpaired) electrons. The first-order valence-corrected chi connectivity index (χ1v) is 12.9. The van der Waals surface area contributed by atoms with Crippen LogP contribution < -0.4 is 0 Å². The maximum Gasteiger partial charge on any atom is 0.269 e. The van der Waals surface area contributed by atoms with Gasteiger partial charge in [-0.05, 0) is 85.0 Å². The standard InChI is InChI=1S/C20H14N4.C13H9NO3/c1-2-14-10-16-5-6-18(23-16)12-20-8-7-19(24-20)11-17-4-3-15(22-17)9-13(1)21-14;15-13(10-4-2-1-3-5-10)11-6-8-12(9-7-11)14(16)17/h1-12,21,24H;1-9H. The van der Waals surface area contributed by atoms with E-state index in [4.69, 9.17) is 0 Å². The van der Waals surface area contributed by atoms with Crippen molar-refractivity contribution in [1.82, 2.24) is 19.9 Å². The number of aromatic amines is 2. The molecular weight excluding hydrogens is 514 g/mol. The number of carbonyl (C=O) groups is 1.